The van der Waals surface area contributed by atoms with Gasteiger partial charge in [0.1, 0.15) is 0 Å². The molecule has 1 aromatic carbocycles. The minimum atomic E-state index is -0.598. The second-order valence-electron chi connectivity index (χ2n) is 4.57. The third-order valence-electron chi connectivity index (χ3n) is 2.41. The van der Waals surface area contributed by atoms with Gasteiger partial charge in [0.15, 0.2) is 0 Å². The fraction of sp³-hybridized carbons (Fsp3) is 0.353. The van der Waals surface area contributed by atoms with E-state index in [4.69, 9.17) is 5.73 Å². The molecule has 1 N–H and O–H groups in total. The number of halogens is 2. The van der Waals surface area contributed by atoms with Crippen LogP contribution in [0.25, 0.3) is 5.73 Å². The predicted octanol–water partition coefficient (Wildman–Crippen LogP) is -0.900. The Kier molecular flexibility index (Phi) is 26.2. The maximum Gasteiger partial charge on any atom is 4.00 e. The summed E-state index contributed by atoms with van der Waals surface area (Å²) < 4.78 is 0. The van der Waals surface area contributed by atoms with Crippen molar-refractivity contribution in [1.82, 2.24) is 0 Å². The average molecular weight is 404 g/mol. The quantitative estimate of drug-likeness (QED) is 0.466. The Morgan fingerprint density at radius 3 is 2.00 bits per heavy atom. The summed E-state index contributed by atoms with van der Waals surface area (Å²) in [6.45, 7) is 8.34. The Balaban J connectivity index is -0.000000140. The predicted molar refractivity (Wildman–Crippen MR) is 88.2 cm³/mol. The van der Waals surface area contributed by atoms with E-state index < -0.39 is 5.91 Å². The average Bonchev–Trinajstić information content (AvgIpc) is 2.98. The molecule has 1 aliphatic rings. The van der Waals surface area contributed by atoms with Gasteiger partial charge < -0.3 is 35.3 Å². The van der Waals surface area contributed by atoms with Gasteiger partial charge in [-0.15, -0.1) is 6.42 Å². The van der Waals surface area contributed by atoms with Gasteiger partial charge in [-0.05, 0) is 11.5 Å². The van der Waals surface area contributed by atoms with E-state index in [-0.39, 0.29) is 46.5 Å². The maximum absolute atomic E-state index is 10.8. The van der Waals surface area contributed by atoms with Crippen molar-refractivity contribution in [2.75, 3.05) is 0 Å². The fourth-order valence-corrected chi connectivity index (χ4v) is 1.55. The Labute approximate surface area is 170 Å². The Hall–Kier alpha value is -0.319. The van der Waals surface area contributed by atoms with Crippen LogP contribution in [0.4, 0.5) is 0 Å². The smallest absolute Gasteiger partial charge is 1.00 e. The molecule has 0 atom stereocenters. The number of benzene rings is 1. The third kappa shape index (κ3) is 15.0. The summed E-state index contributed by atoms with van der Waals surface area (Å²) in [5.41, 5.74) is 8.49. The monoisotopic (exact) mass is 403 g/mol. The van der Waals surface area contributed by atoms with Crippen molar-refractivity contribution in [3.05, 3.63) is 65.4 Å². The van der Waals surface area contributed by atoms with Gasteiger partial charge in [0.05, 0.1) is 5.91 Å². The number of amides is 1. The minimum absolute atomic E-state index is 0. The summed E-state index contributed by atoms with van der Waals surface area (Å²) in [4.78, 5) is 10.8. The molecular formula is C17H23Cl2NOSiTi. The Bertz CT molecular complexity index is 456. The molecule has 23 heavy (non-hydrogen) atoms. The summed E-state index contributed by atoms with van der Waals surface area (Å²) in [5, 5.41) is 0. The van der Waals surface area contributed by atoms with Crippen LogP contribution in [0.2, 0.25) is 13.1 Å². The van der Waals surface area contributed by atoms with E-state index in [0.717, 1.165) is 21.5 Å². The molecule has 0 heterocycles. The van der Waals surface area contributed by atoms with Crippen molar-refractivity contribution >= 4 is 15.4 Å². The number of rotatable bonds is 2. The molecule has 6 heteroatoms. The van der Waals surface area contributed by atoms with Crippen molar-refractivity contribution in [3.8, 4) is 0 Å². The summed E-state index contributed by atoms with van der Waals surface area (Å²) >= 11 is 0. The van der Waals surface area contributed by atoms with E-state index in [1.807, 2.05) is 38.1 Å². The van der Waals surface area contributed by atoms with Crippen molar-refractivity contribution in [2.45, 2.75) is 39.3 Å². The van der Waals surface area contributed by atoms with Gasteiger partial charge >= 0.3 is 21.7 Å². The van der Waals surface area contributed by atoms with Crippen LogP contribution in [0.15, 0.2) is 42.5 Å². The van der Waals surface area contributed by atoms with E-state index in [2.05, 4.69) is 25.2 Å². The minimum Gasteiger partial charge on any atom is -1.00 e. The first kappa shape index (κ1) is 30.6. The standard InChI is InChI=1S/C10H13NO.C5H5.C2H6Si.2ClH.Ti/c1-7(2)8-5-3-4-6-9(8)10(11)12;1-2-4-5-3-1;1-3-2;;;/h3-7H,1-2H3,(H2,11,12);1-3H,4H2;1-2H3;2*1H;/q;-1;;;;+4/p-3. The van der Waals surface area contributed by atoms with E-state index >= 15 is 0 Å². The van der Waals surface area contributed by atoms with E-state index in [0.29, 0.717) is 11.5 Å². The molecular weight excluding hydrogens is 381 g/mol. The van der Waals surface area contributed by atoms with E-state index in [1.54, 1.807) is 12.1 Å². The number of carbonyl (C=O) groups excluding carboxylic acids is 1. The first-order valence-corrected chi connectivity index (χ1v) is 8.69. The molecule has 0 saturated carbocycles. The topological polar surface area (TPSA) is 40.9 Å². The van der Waals surface area contributed by atoms with Crippen LogP contribution in [-0.4, -0.2) is 15.4 Å². The number of carbonyl (C=O) groups is 1. The van der Waals surface area contributed by atoms with Gasteiger partial charge in [0.25, 0.3) is 0 Å². The van der Waals surface area contributed by atoms with Gasteiger partial charge in [-0.25, -0.2) is 12.2 Å². The van der Waals surface area contributed by atoms with Gasteiger partial charge in [-0.3, -0.25) is 6.08 Å². The van der Waals surface area contributed by atoms with Gasteiger partial charge in [0, 0.05) is 15.1 Å². The molecule has 0 unspecified atom stereocenters. The fourth-order valence-electron chi connectivity index (χ4n) is 1.55. The molecule has 2 rings (SSSR count). The zero-order chi connectivity index (χ0) is 15.4. The number of nitrogens with one attached hydrogen (secondary N) is 1. The van der Waals surface area contributed by atoms with Crippen molar-refractivity contribution in [2.24, 2.45) is 0 Å². The van der Waals surface area contributed by atoms with Crippen molar-refractivity contribution in [1.29, 1.82) is 0 Å². The van der Waals surface area contributed by atoms with E-state index in [9.17, 15) is 4.79 Å². The second-order valence-corrected chi connectivity index (χ2v) is 5.57. The van der Waals surface area contributed by atoms with Crippen LogP contribution >= 0.6 is 0 Å². The molecule has 0 spiro atoms. The molecule has 2 radical (unpaired) electrons. The molecule has 124 valence electrons. The van der Waals surface area contributed by atoms with Crippen LogP contribution < -0.4 is 24.8 Å². The Morgan fingerprint density at radius 2 is 1.74 bits per heavy atom. The van der Waals surface area contributed by atoms with E-state index in [1.165, 1.54) is 0 Å². The summed E-state index contributed by atoms with van der Waals surface area (Å²) in [6, 6.07) is 7.27. The number of hydrogen-bond donors (Lipinski definition) is 0. The number of allylic oxidation sites excluding steroid dienone is 4. The first-order chi connectivity index (χ1) is 9.54. The number of hydrogen-bond acceptors (Lipinski definition) is 1. The molecule has 0 aliphatic heterocycles. The molecule has 0 bridgehead atoms. The van der Waals surface area contributed by atoms with Crippen molar-refractivity contribution in [3.63, 3.8) is 0 Å². The third-order valence-corrected chi connectivity index (χ3v) is 2.41. The molecule has 0 saturated heterocycles. The van der Waals surface area contributed by atoms with Crippen LogP contribution in [0, 0.1) is 6.08 Å². The molecule has 1 amide bonds. The zero-order valence-corrected chi connectivity index (χ0v) is 18.1. The van der Waals surface area contributed by atoms with Crippen molar-refractivity contribution < 1.29 is 51.3 Å². The van der Waals surface area contributed by atoms with Crippen LogP contribution in [0.3, 0.4) is 0 Å². The van der Waals surface area contributed by atoms with Gasteiger partial charge in [-0.1, -0.05) is 51.2 Å². The normalized spacial score (nSPS) is 9.96. The summed E-state index contributed by atoms with van der Waals surface area (Å²) in [7, 11) is 1.08. The maximum atomic E-state index is 10.8. The Morgan fingerprint density at radius 1 is 1.22 bits per heavy atom. The molecule has 0 aromatic heterocycles. The zero-order valence-electron chi connectivity index (χ0n) is 14.0. The second kappa shape index (κ2) is 19.7. The largest absolute Gasteiger partial charge is 4.00 e. The summed E-state index contributed by atoms with van der Waals surface area (Å²) in [6.07, 6.45) is 10.0. The van der Waals surface area contributed by atoms with Crippen LogP contribution in [-0.2, 0) is 21.7 Å². The van der Waals surface area contributed by atoms with Gasteiger partial charge in [0.2, 0.25) is 0 Å². The molecule has 1 aromatic rings. The molecule has 0 fully saturated rings. The van der Waals surface area contributed by atoms with Gasteiger partial charge in [-0.2, -0.15) is 6.08 Å². The first-order valence-electron chi connectivity index (χ1n) is 6.69. The van der Waals surface area contributed by atoms with Crippen LogP contribution in [0.5, 0.6) is 0 Å². The SMILES string of the molecule is CC(C)c1ccccc1C([NH-])=O.C[Si]C.[C-]1=CC=CC1.[Cl-].[Cl-].[Ti+4]. The summed E-state index contributed by atoms with van der Waals surface area (Å²) in [5.74, 6) is -0.296. The molecule has 2 nitrogen and oxygen atoms in total. The molecule has 1 aliphatic carbocycles. The van der Waals surface area contributed by atoms with Crippen LogP contribution in [0.1, 0.15) is 42.1 Å².